The lowest BCUT2D eigenvalue weighted by Gasteiger charge is -2.05. The van der Waals surface area contributed by atoms with Crippen LogP contribution in [-0.2, 0) is 0 Å². The highest BCUT2D eigenvalue weighted by molar-refractivity contribution is 5.93. The number of hydrogen-bond acceptors (Lipinski definition) is 8. The largest absolute Gasteiger partial charge is 0.490 e. The molecule has 2 N–H and O–H groups in total. The molecule has 0 aliphatic carbocycles. The predicted octanol–water partition coefficient (Wildman–Crippen LogP) is 2.95. The van der Waals surface area contributed by atoms with Crippen molar-refractivity contribution in [3.63, 3.8) is 0 Å². The number of aromatic carboxylic acids is 1. The molecule has 0 saturated heterocycles. The van der Waals surface area contributed by atoms with E-state index in [-0.39, 0.29) is 22.7 Å². The Kier molecular flexibility index (Phi) is 7.49. The number of nitrogens with zero attached hydrogens (tertiary/aromatic N) is 2. The monoisotopic (exact) mass is 379 g/mol. The van der Waals surface area contributed by atoms with Gasteiger partial charge in [-0.25, -0.2) is 4.79 Å². The van der Waals surface area contributed by atoms with Gasteiger partial charge in [0.25, 0.3) is 0 Å². The second-order valence-electron chi connectivity index (χ2n) is 4.78. The first-order valence-corrected chi connectivity index (χ1v) is 7.32. The number of para-hydroxylation sites is 2. The van der Waals surface area contributed by atoms with E-state index in [0.717, 1.165) is 6.07 Å². The number of carboxylic acid groups (broad SMARTS) is 1. The molecule has 2 aromatic carbocycles. The fraction of sp³-hybridized carbons (Fsp3) is 0.188. The smallest absolute Gasteiger partial charge is 0.342 e. The minimum atomic E-state index is -1.35. The van der Waals surface area contributed by atoms with Gasteiger partial charge in [-0.2, -0.15) is 0 Å². The maximum atomic E-state index is 10.6. The predicted molar refractivity (Wildman–Crippen MR) is 95.8 cm³/mol. The van der Waals surface area contributed by atoms with Crippen LogP contribution in [0.2, 0.25) is 0 Å². The molecule has 0 aromatic heterocycles. The summed E-state index contributed by atoms with van der Waals surface area (Å²) >= 11 is 0. The van der Waals surface area contributed by atoms with Crippen molar-refractivity contribution in [3.05, 3.63) is 62.2 Å². The third-order valence-electron chi connectivity index (χ3n) is 3.30. The molecule has 0 aliphatic heterocycles. The molecule has 0 heterocycles. The molecule has 2 aromatic rings. The first-order chi connectivity index (χ1) is 12.8. The summed E-state index contributed by atoms with van der Waals surface area (Å²) in [5, 5.41) is 32.6. The van der Waals surface area contributed by atoms with E-state index in [2.05, 4.69) is 5.32 Å². The van der Waals surface area contributed by atoms with Gasteiger partial charge in [0.2, 0.25) is 0 Å². The van der Waals surface area contributed by atoms with Crippen LogP contribution >= 0.6 is 0 Å². The fourth-order valence-electron chi connectivity index (χ4n) is 2.13. The summed E-state index contributed by atoms with van der Waals surface area (Å²) in [5.74, 6) is -1.15. The molecular weight excluding hydrogens is 362 g/mol. The lowest BCUT2D eigenvalue weighted by molar-refractivity contribution is -0.386. The lowest BCUT2D eigenvalue weighted by Crippen LogP contribution is -2.04. The van der Waals surface area contributed by atoms with E-state index >= 15 is 0 Å². The van der Waals surface area contributed by atoms with Crippen molar-refractivity contribution in [2.24, 2.45) is 0 Å². The van der Waals surface area contributed by atoms with Crippen molar-refractivity contribution in [2.75, 3.05) is 26.6 Å². The van der Waals surface area contributed by atoms with Crippen molar-refractivity contribution in [2.45, 2.75) is 0 Å². The summed E-state index contributed by atoms with van der Waals surface area (Å²) in [4.78, 5) is 30.6. The molecule has 144 valence electrons. The minimum Gasteiger partial charge on any atom is -0.490 e. The van der Waals surface area contributed by atoms with Crippen molar-refractivity contribution >= 4 is 23.0 Å². The van der Waals surface area contributed by atoms with E-state index < -0.39 is 21.5 Å². The number of nitro groups is 2. The van der Waals surface area contributed by atoms with Gasteiger partial charge < -0.3 is 19.9 Å². The zero-order valence-electron chi connectivity index (χ0n) is 14.7. The quantitative estimate of drug-likeness (QED) is 0.569. The average molecular weight is 379 g/mol. The van der Waals surface area contributed by atoms with Crippen LogP contribution in [0.25, 0.3) is 0 Å². The normalized spacial score (nSPS) is 9.44. The topological polar surface area (TPSA) is 154 Å². The van der Waals surface area contributed by atoms with Gasteiger partial charge in [0.15, 0.2) is 11.5 Å². The van der Waals surface area contributed by atoms with Crippen molar-refractivity contribution < 1.29 is 29.2 Å². The molecule has 0 saturated carbocycles. The summed E-state index contributed by atoms with van der Waals surface area (Å²) in [5.41, 5.74) is -0.492. The Morgan fingerprint density at radius 3 is 1.85 bits per heavy atom. The van der Waals surface area contributed by atoms with Gasteiger partial charge in [-0.3, -0.25) is 20.2 Å². The summed E-state index contributed by atoms with van der Waals surface area (Å²) in [6.45, 7) is 0. The Labute approximate surface area is 153 Å². The Morgan fingerprint density at radius 2 is 1.44 bits per heavy atom. The standard InChI is InChI=1S/C8H10N2O3.C8H7NO5/c1-9-6-4-3-5-7(13-2)8(6)10(11)12;1-14-6-4-2-3-5(8(10)11)7(6)9(12)13/h3-5,9H,1-2H3;2-4H,1H3,(H,10,11). The zero-order chi connectivity index (χ0) is 20.6. The number of ether oxygens (including phenoxy) is 2. The molecule has 0 aliphatic rings. The third-order valence-corrected chi connectivity index (χ3v) is 3.30. The first kappa shape index (κ1) is 21.2. The molecule has 11 heteroatoms. The van der Waals surface area contributed by atoms with E-state index in [9.17, 15) is 25.0 Å². The molecule has 0 amide bonds. The third kappa shape index (κ3) is 5.04. The van der Waals surface area contributed by atoms with Crippen molar-refractivity contribution in [1.82, 2.24) is 0 Å². The highest BCUT2D eigenvalue weighted by Gasteiger charge is 2.24. The number of benzene rings is 2. The van der Waals surface area contributed by atoms with Gasteiger partial charge in [0.1, 0.15) is 11.3 Å². The average Bonchev–Trinajstić information content (AvgIpc) is 2.66. The van der Waals surface area contributed by atoms with Gasteiger partial charge in [-0.15, -0.1) is 0 Å². The Hall–Kier alpha value is -3.89. The molecule has 0 fully saturated rings. The maximum Gasteiger partial charge on any atom is 0.342 e. The number of carbonyl (C=O) groups is 1. The van der Waals surface area contributed by atoms with Crippen LogP contribution in [0.4, 0.5) is 17.1 Å². The second kappa shape index (κ2) is 9.56. The number of rotatable bonds is 6. The van der Waals surface area contributed by atoms with Gasteiger partial charge in [0.05, 0.1) is 24.1 Å². The van der Waals surface area contributed by atoms with E-state index in [0.29, 0.717) is 5.69 Å². The minimum absolute atomic E-state index is 0.0347. The molecule has 0 atom stereocenters. The van der Waals surface area contributed by atoms with Gasteiger partial charge in [-0.05, 0) is 24.3 Å². The Bertz CT molecular complexity index is 831. The molecule has 0 spiro atoms. The van der Waals surface area contributed by atoms with Crippen LogP contribution < -0.4 is 14.8 Å². The molecule has 27 heavy (non-hydrogen) atoms. The van der Waals surface area contributed by atoms with Crippen LogP contribution in [0.5, 0.6) is 11.5 Å². The molecule has 11 nitrogen and oxygen atoms in total. The number of methoxy groups -OCH3 is 2. The van der Waals surface area contributed by atoms with Crippen molar-refractivity contribution in [3.8, 4) is 11.5 Å². The molecule has 0 radical (unpaired) electrons. The summed E-state index contributed by atoms with van der Waals surface area (Å²) in [7, 11) is 4.28. The summed E-state index contributed by atoms with van der Waals surface area (Å²) in [6, 6.07) is 8.75. The van der Waals surface area contributed by atoms with Gasteiger partial charge in [-0.1, -0.05) is 12.1 Å². The number of nitrogens with one attached hydrogen (secondary N) is 1. The Morgan fingerprint density at radius 1 is 0.963 bits per heavy atom. The highest BCUT2D eigenvalue weighted by atomic mass is 16.6. The highest BCUT2D eigenvalue weighted by Crippen LogP contribution is 2.33. The van der Waals surface area contributed by atoms with E-state index in [1.54, 1.807) is 25.2 Å². The van der Waals surface area contributed by atoms with E-state index in [1.165, 1.54) is 26.4 Å². The van der Waals surface area contributed by atoms with Gasteiger partial charge >= 0.3 is 17.3 Å². The van der Waals surface area contributed by atoms with E-state index in [4.69, 9.17) is 14.6 Å². The summed E-state index contributed by atoms with van der Waals surface area (Å²) < 4.78 is 9.56. The molecule has 0 unspecified atom stereocenters. The van der Waals surface area contributed by atoms with Gasteiger partial charge in [0, 0.05) is 7.05 Å². The zero-order valence-corrected chi connectivity index (χ0v) is 14.7. The second-order valence-corrected chi connectivity index (χ2v) is 4.78. The number of nitro benzene ring substituents is 2. The first-order valence-electron chi connectivity index (χ1n) is 7.32. The SMILES string of the molecule is CNc1cccc(OC)c1[N+](=O)[O-].COc1cccc(C(=O)O)c1[N+](=O)[O-]. The van der Waals surface area contributed by atoms with Crippen LogP contribution in [0.15, 0.2) is 36.4 Å². The summed E-state index contributed by atoms with van der Waals surface area (Å²) in [6.07, 6.45) is 0. The maximum absolute atomic E-state index is 10.6. The number of hydrogen-bond donors (Lipinski definition) is 2. The molecule has 2 rings (SSSR count). The molecular formula is C16H17N3O8. The van der Waals surface area contributed by atoms with Crippen LogP contribution in [0.3, 0.4) is 0 Å². The number of carboxylic acids is 1. The van der Waals surface area contributed by atoms with Crippen LogP contribution in [-0.4, -0.2) is 42.2 Å². The fourth-order valence-corrected chi connectivity index (χ4v) is 2.13. The van der Waals surface area contributed by atoms with Crippen LogP contribution in [0.1, 0.15) is 10.4 Å². The van der Waals surface area contributed by atoms with E-state index in [1.807, 2.05) is 0 Å². The van der Waals surface area contributed by atoms with Crippen LogP contribution in [0, 0.1) is 20.2 Å². The Balaban J connectivity index is 0.000000271. The number of anilines is 1. The van der Waals surface area contributed by atoms with Crippen molar-refractivity contribution in [1.29, 1.82) is 0 Å². The lowest BCUT2D eigenvalue weighted by atomic mass is 10.1. The molecule has 0 bridgehead atoms.